The summed E-state index contributed by atoms with van der Waals surface area (Å²) >= 11 is 12.3. The number of carbonyl (C=O) groups is 5. The number of amides is 4. The van der Waals surface area contributed by atoms with Gasteiger partial charge >= 0.3 is 5.97 Å². The summed E-state index contributed by atoms with van der Waals surface area (Å²) in [5.41, 5.74) is 0.684. The number of hydrogen-bond donors (Lipinski definition) is 0. The average molecular weight is 649 g/mol. The number of hydrogen-bond acceptors (Lipinski definition) is 8. The van der Waals surface area contributed by atoms with E-state index >= 15 is 0 Å². The first-order valence-corrected chi connectivity index (χ1v) is 15.1. The lowest BCUT2D eigenvalue weighted by molar-refractivity contribution is -0.167. The number of methoxy groups -OCH3 is 2. The van der Waals surface area contributed by atoms with Crippen molar-refractivity contribution in [3.05, 3.63) is 76.8 Å². The van der Waals surface area contributed by atoms with Crippen LogP contribution >= 0.6 is 23.2 Å². The minimum Gasteiger partial charge on any atom is -0.497 e. The molecule has 2 saturated heterocycles. The maximum Gasteiger partial charge on any atom is 0.314 e. The highest BCUT2D eigenvalue weighted by Gasteiger charge is 2.73. The number of benzene rings is 3. The highest BCUT2D eigenvalue weighted by Crippen LogP contribution is 2.63. The number of rotatable bonds is 6. The molecular weight excluding hydrogens is 623 g/mol. The van der Waals surface area contributed by atoms with E-state index in [1.54, 1.807) is 48.5 Å². The summed E-state index contributed by atoms with van der Waals surface area (Å²) in [7, 11) is 3.01. The molecule has 2 aliphatic heterocycles. The fourth-order valence-corrected chi connectivity index (χ4v) is 8.24. The van der Waals surface area contributed by atoms with Gasteiger partial charge in [-0.1, -0.05) is 23.2 Å². The molecular formula is C33H26Cl2N2O8. The van der Waals surface area contributed by atoms with Gasteiger partial charge in [0.2, 0.25) is 23.6 Å². The molecule has 4 amide bonds. The van der Waals surface area contributed by atoms with E-state index in [0.717, 1.165) is 9.80 Å². The lowest BCUT2D eigenvalue weighted by atomic mass is 9.48. The van der Waals surface area contributed by atoms with Crippen LogP contribution in [0.4, 0.5) is 11.4 Å². The van der Waals surface area contributed by atoms with Gasteiger partial charge < -0.3 is 14.2 Å². The lowest BCUT2D eigenvalue weighted by Crippen LogP contribution is -2.58. The van der Waals surface area contributed by atoms with Crippen molar-refractivity contribution in [2.75, 3.05) is 24.0 Å². The maximum absolute atomic E-state index is 14.2. The molecule has 5 fully saturated rings. The Morgan fingerprint density at radius 2 is 1.16 bits per heavy atom. The minimum absolute atomic E-state index is 0.0722. The number of anilines is 2. The average Bonchev–Trinajstić information content (AvgIpc) is 3.48. The van der Waals surface area contributed by atoms with Crippen LogP contribution in [-0.2, 0) is 24.0 Å². The van der Waals surface area contributed by atoms with Gasteiger partial charge in [-0.2, -0.15) is 0 Å². The van der Waals surface area contributed by atoms with Gasteiger partial charge in [0.05, 0.1) is 60.2 Å². The van der Waals surface area contributed by atoms with Crippen molar-refractivity contribution in [1.82, 2.24) is 0 Å². The Labute approximate surface area is 267 Å². The van der Waals surface area contributed by atoms with Gasteiger partial charge in [-0.3, -0.25) is 33.8 Å². The standard InChI is InChI=1S/C33H26Cl2N2O8/c1-43-18-8-4-16(5-9-18)36-29(38)25-20-14-21(33(42)45-23-12-3-15(34)13-22(23)35)24(27(25)31(36)40)28-26(20)30(39)37(32(28)41)17-6-10-19(44-2)11-7-17/h3-13,20-21,24-28H,14H2,1-2H3/t20?,21-,24?,25-,26+,27-,28-/m0/s1. The van der Waals surface area contributed by atoms with Crippen LogP contribution in [0.15, 0.2) is 66.7 Å². The maximum atomic E-state index is 14.2. The Balaban J connectivity index is 1.29. The van der Waals surface area contributed by atoms with E-state index in [2.05, 4.69) is 0 Å². The molecule has 3 aromatic rings. The van der Waals surface area contributed by atoms with Crippen molar-refractivity contribution >= 4 is 64.2 Å². The molecule has 3 aliphatic carbocycles. The van der Waals surface area contributed by atoms with Crippen molar-refractivity contribution in [2.45, 2.75) is 6.42 Å². The minimum atomic E-state index is -1.01. The summed E-state index contributed by atoms with van der Waals surface area (Å²) in [6.07, 6.45) is 0.0853. The van der Waals surface area contributed by atoms with Crippen LogP contribution in [0.1, 0.15) is 6.42 Å². The first kappa shape index (κ1) is 29.3. The monoisotopic (exact) mass is 648 g/mol. The molecule has 45 heavy (non-hydrogen) atoms. The first-order valence-electron chi connectivity index (χ1n) is 14.3. The summed E-state index contributed by atoms with van der Waals surface area (Å²) in [5.74, 6) is -7.97. The Bertz CT molecular complexity index is 1670. The number of nitrogens with zero attached hydrogens (tertiary/aromatic N) is 2. The summed E-state index contributed by atoms with van der Waals surface area (Å²) in [5, 5.41) is 0.466. The summed E-state index contributed by atoms with van der Waals surface area (Å²) in [6, 6.07) is 17.4. The van der Waals surface area contributed by atoms with Crippen LogP contribution in [0, 0.1) is 41.4 Å². The van der Waals surface area contributed by atoms with Gasteiger partial charge in [0.1, 0.15) is 17.2 Å². The second-order valence-corrected chi connectivity index (χ2v) is 12.4. The van der Waals surface area contributed by atoms with Gasteiger partial charge in [-0.25, -0.2) is 0 Å². The molecule has 10 nitrogen and oxygen atoms in total. The van der Waals surface area contributed by atoms with Crippen LogP contribution in [-0.4, -0.2) is 43.8 Å². The molecule has 0 radical (unpaired) electrons. The number of halogens is 2. The molecule has 2 heterocycles. The topological polar surface area (TPSA) is 120 Å². The van der Waals surface area contributed by atoms with Crippen LogP contribution in [0.2, 0.25) is 10.0 Å². The van der Waals surface area contributed by atoms with E-state index in [0.29, 0.717) is 27.9 Å². The molecule has 5 aliphatic rings. The summed E-state index contributed by atoms with van der Waals surface area (Å²) < 4.78 is 16.1. The van der Waals surface area contributed by atoms with Gasteiger partial charge in [0.15, 0.2) is 0 Å². The van der Waals surface area contributed by atoms with E-state index in [9.17, 15) is 24.0 Å². The molecule has 12 heteroatoms. The summed E-state index contributed by atoms with van der Waals surface area (Å²) in [4.78, 5) is 72.5. The third-order valence-electron chi connectivity index (χ3n) is 9.61. The van der Waals surface area contributed by atoms with E-state index in [4.69, 9.17) is 37.4 Å². The van der Waals surface area contributed by atoms with Crippen molar-refractivity contribution in [1.29, 1.82) is 0 Å². The molecule has 0 spiro atoms. The molecule has 2 bridgehead atoms. The highest BCUT2D eigenvalue weighted by molar-refractivity contribution is 6.35. The van der Waals surface area contributed by atoms with Crippen molar-refractivity contribution in [3.63, 3.8) is 0 Å². The lowest BCUT2D eigenvalue weighted by Gasteiger charge is -2.51. The number of fused-ring (bicyclic) bond motifs is 1. The van der Waals surface area contributed by atoms with Gasteiger partial charge in [-0.05, 0) is 85.0 Å². The zero-order valence-electron chi connectivity index (χ0n) is 24.0. The van der Waals surface area contributed by atoms with Crippen LogP contribution in [0.25, 0.3) is 0 Å². The van der Waals surface area contributed by atoms with Crippen molar-refractivity contribution in [3.8, 4) is 17.2 Å². The fourth-order valence-electron chi connectivity index (χ4n) is 7.79. The Kier molecular flexibility index (Phi) is 7.09. The third-order valence-corrected chi connectivity index (χ3v) is 10.1. The van der Waals surface area contributed by atoms with E-state index in [1.807, 2.05) is 0 Å². The molecule has 0 N–H and O–H groups in total. The third kappa shape index (κ3) is 4.41. The highest BCUT2D eigenvalue weighted by atomic mass is 35.5. The van der Waals surface area contributed by atoms with Gasteiger partial charge in [0.25, 0.3) is 0 Å². The first-order chi connectivity index (χ1) is 21.6. The SMILES string of the molecule is COc1ccc(N2C(=O)[C@@H]3C4C[C@H](C(=O)Oc5ccc(Cl)cc5Cl)C([C@@H]3C2=O)[C@@H]2C(=O)N(c3ccc(OC)cc3)C(=O)[C@@H]42)cc1. The van der Waals surface area contributed by atoms with E-state index in [1.165, 1.54) is 32.4 Å². The molecule has 0 aromatic heterocycles. The molecule has 7 atom stereocenters. The molecule has 8 rings (SSSR count). The van der Waals surface area contributed by atoms with Crippen LogP contribution < -0.4 is 24.0 Å². The smallest absolute Gasteiger partial charge is 0.314 e. The number of carbonyl (C=O) groups excluding carboxylic acids is 5. The van der Waals surface area contributed by atoms with Crippen LogP contribution in [0.5, 0.6) is 17.2 Å². The fraction of sp³-hybridized carbons (Fsp3) is 0.303. The molecule has 3 aromatic carbocycles. The Morgan fingerprint density at radius 1 is 0.689 bits per heavy atom. The zero-order valence-corrected chi connectivity index (χ0v) is 25.5. The Hall–Kier alpha value is -4.41. The quantitative estimate of drug-likeness (QED) is 0.213. The molecule has 3 saturated carbocycles. The summed E-state index contributed by atoms with van der Waals surface area (Å²) in [6.45, 7) is 0. The van der Waals surface area contributed by atoms with E-state index < -0.39 is 71.0 Å². The number of esters is 1. The second-order valence-electron chi connectivity index (χ2n) is 11.6. The van der Waals surface area contributed by atoms with Crippen molar-refractivity contribution < 1.29 is 38.2 Å². The number of ether oxygens (including phenoxy) is 3. The predicted octanol–water partition coefficient (Wildman–Crippen LogP) is 4.79. The second kappa shape index (κ2) is 10.9. The zero-order chi connectivity index (χ0) is 31.7. The van der Waals surface area contributed by atoms with Crippen molar-refractivity contribution in [2.24, 2.45) is 41.4 Å². The largest absolute Gasteiger partial charge is 0.497 e. The molecule has 230 valence electrons. The van der Waals surface area contributed by atoms with Crippen LogP contribution in [0.3, 0.4) is 0 Å². The van der Waals surface area contributed by atoms with Gasteiger partial charge in [0, 0.05) is 5.02 Å². The number of imide groups is 2. The normalized spacial score (nSPS) is 28.3. The van der Waals surface area contributed by atoms with E-state index in [-0.39, 0.29) is 17.2 Å². The predicted molar refractivity (Wildman–Crippen MR) is 162 cm³/mol. The van der Waals surface area contributed by atoms with Gasteiger partial charge in [-0.15, -0.1) is 0 Å². The molecule has 2 unspecified atom stereocenters. The Morgan fingerprint density at radius 3 is 1.60 bits per heavy atom.